The molecule has 0 saturated heterocycles. The normalized spacial score (nSPS) is 10.5. The molecule has 1 heterocycles. The number of nitrogens with one attached hydrogen (secondary N) is 1. The van der Waals surface area contributed by atoms with Crippen molar-refractivity contribution in [1.82, 2.24) is 0 Å². The Balaban J connectivity index is 1.82. The minimum Gasteiger partial charge on any atom is -0.496 e. The van der Waals surface area contributed by atoms with E-state index < -0.39 is 0 Å². The minimum atomic E-state index is -0.358. The first-order valence-corrected chi connectivity index (χ1v) is 8.85. The second kappa shape index (κ2) is 8.18. The summed E-state index contributed by atoms with van der Waals surface area (Å²) in [6, 6.07) is 14.1. The van der Waals surface area contributed by atoms with Gasteiger partial charge >= 0.3 is 0 Å². The van der Waals surface area contributed by atoms with Gasteiger partial charge in [0.25, 0.3) is 5.91 Å². The molecular weight excluding hydrogens is 366 g/mol. The standard InChI is InChI=1S/C21H20ClNO4/c1-4-16-19(25-2)11-15(12-20(16)26-3)23-21(24)18-10-9-17(27-18)13-5-7-14(22)8-6-13/h5-12H,4H2,1-3H3,(H,23,24). The molecule has 27 heavy (non-hydrogen) atoms. The van der Waals surface area contributed by atoms with Gasteiger partial charge in [0.2, 0.25) is 0 Å². The minimum absolute atomic E-state index is 0.206. The van der Waals surface area contributed by atoms with E-state index in [9.17, 15) is 4.79 Å². The average Bonchev–Trinajstić information content (AvgIpc) is 3.18. The molecule has 140 valence electrons. The zero-order valence-corrected chi connectivity index (χ0v) is 16.1. The van der Waals surface area contributed by atoms with Crippen molar-refractivity contribution in [2.75, 3.05) is 19.5 Å². The maximum Gasteiger partial charge on any atom is 0.291 e. The van der Waals surface area contributed by atoms with E-state index in [0.29, 0.717) is 28.0 Å². The molecule has 1 N–H and O–H groups in total. The van der Waals surface area contributed by atoms with Gasteiger partial charge in [-0.3, -0.25) is 4.79 Å². The van der Waals surface area contributed by atoms with E-state index in [2.05, 4.69) is 5.32 Å². The van der Waals surface area contributed by atoms with Crippen LogP contribution in [0.3, 0.4) is 0 Å². The molecule has 5 nitrogen and oxygen atoms in total. The number of rotatable bonds is 6. The Labute approximate surface area is 162 Å². The first-order chi connectivity index (χ1) is 13.0. The number of anilines is 1. The number of amides is 1. The van der Waals surface area contributed by atoms with Crippen molar-refractivity contribution in [2.24, 2.45) is 0 Å². The van der Waals surface area contributed by atoms with Crippen molar-refractivity contribution in [1.29, 1.82) is 0 Å². The van der Waals surface area contributed by atoms with Gasteiger partial charge < -0.3 is 19.2 Å². The topological polar surface area (TPSA) is 60.7 Å². The maximum absolute atomic E-state index is 12.6. The lowest BCUT2D eigenvalue weighted by molar-refractivity contribution is 0.0997. The predicted octanol–water partition coefficient (Wildman–Crippen LogP) is 5.43. The molecule has 0 fully saturated rings. The monoisotopic (exact) mass is 385 g/mol. The number of furan rings is 1. The van der Waals surface area contributed by atoms with E-state index in [1.54, 1.807) is 50.6 Å². The van der Waals surface area contributed by atoms with E-state index in [0.717, 1.165) is 17.5 Å². The van der Waals surface area contributed by atoms with Crippen LogP contribution in [0.2, 0.25) is 5.02 Å². The molecule has 0 unspecified atom stereocenters. The van der Waals surface area contributed by atoms with Crippen molar-refractivity contribution in [3.8, 4) is 22.8 Å². The molecule has 3 aromatic rings. The summed E-state index contributed by atoms with van der Waals surface area (Å²) in [5.41, 5.74) is 2.35. The van der Waals surface area contributed by atoms with Crippen molar-refractivity contribution >= 4 is 23.2 Å². The highest BCUT2D eigenvalue weighted by Gasteiger charge is 2.16. The average molecular weight is 386 g/mol. The third-order valence-corrected chi connectivity index (χ3v) is 4.43. The fourth-order valence-corrected chi connectivity index (χ4v) is 2.95. The van der Waals surface area contributed by atoms with Gasteiger partial charge in [-0.1, -0.05) is 18.5 Å². The van der Waals surface area contributed by atoms with Gasteiger partial charge in [0.05, 0.1) is 14.2 Å². The molecule has 2 aromatic carbocycles. The summed E-state index contributed by atoms with van der Waals surface area (Å²) in [5, 5.41) is 3.46. The van der Waals surface area contributed by atoms with Crippen molar-refractivity contribution in [3.05, 3.63) is 64.9 Å². The van der Waals surface area contributed by atoms with Gasteiger partial charge in [-0.05, 0) is 42.8 Å². The van der Waals surface area contributed by atoms with E-state index in [1.165, 1.54) is 0 Å². The zero-order valence-electron chi connectivity index (χ0n) is 15.3. The van der Waals surface area contributed by atoms with Crippen LogP contribution in [0.4, 0.5) is 5.69 Å². The first-order valence-electron chi connectivity index (χ1n) is 8.47. The molecule has 6 heteroatoms. The molecule has 1 amide bonds. The largest absolute Gasteiger partial charge is 0.496 e. The van der Waals surface area contributed by atoms with Gasteiger partial charge in [-0.15, -0.1) is 0 Å². The van der Waals surface area contributed by atoms with Crippen LogP contribution in [0.5, 0.6) is 11.5 Å². The number of halogens is 1. The van der Waals surface area contributed by atoms with Crippen LogP contribution in [-0.2, 0) is 6.42 Å². The molecule has 0 saturated carbocycles. The number of benzene rings is 2. The third-order valence-electron chi connectivity index (χ3n) is 4.18. The van der Waals surface area contributed by atoms with E-state index in [-0.39, 0.29) is 11.7 Å². The van der Waals surface area contributed by atoms with Gasteiger partial charge in [-0.2, -0.15) is 0 Å². The lowest BCUT2D eigenvalue weighted by Crippen LogP contribution is -2.11. The van der Waals surface area contributed by atoms with E-state index >= 15 is 0 Å². The Morgan fingerprint density at radius 2 is 1.67 bits per heavy atom. The van der Waals surface area contributed by atoms with Crippen LogP contribution in [0, 0.1) is 0 Å². The molecule has 0 atom stereocenters. The Morgan fingerprint density at radius 3 is 2.22 bits per heavy atom. The lowest BCUT2D eigenvalue weighted by atomic mass is 10.1. The summed E-state index contributed by atoms with van der Waals surface area (Å²) in [6.45, 7) is 2.01. The van der Waals surface area contributed by atoms with Crippen molar-refractivity contribution in [2.45, 2.75) is 13.3 Å². The predicted molar refractivity (Wildman–Crippen MR) is 106 cm³/mol. The van der Waals surface area contributed by atoms with Crippen LogP contribution in [0.15, 0.2) is 52.9 Å². The highest BCUT2D eigenvalue weighted by atomic mass is 35.5. The first kappa shape index (κ1) is 18.9. The fraction of sp³-hybridized carbons (Fsp3) is 0.190. The maximum atomic E-state index is 12.6. The molecule has 0 aliphatic carbocycles. The quantitative estimate of drug-likeness (QED) is 0.614. The zero-order chi connectivity index (χ0) is 19.4. The van der Waals surface area contributed by atoms with Crippen LogP contribution < -0.4 is 14.8 Å². The summed E-state index contributed by atoms with van der Waals surface area (Å²) >= 11 is 5.90. The second-order valence-electron chi connectivity index (χ2n) is 5.84. The van der Waals surface area contributed by atoms with Crippen molar-refractivity contribution < 1.29 is 18.7 Å². The number of methoxy groups -OCH3 is 2. The molecule has 0 aliphatic rings. The molecule has 0 radical (unpaired) electrons. The molecular formula is C21H20ClNO4. The van der Waals surface area contributed by atoms with Gasteiger partial charge in [0.15, 0.2) is 5.76 Å². The Hall–Kier alpha value is -2.92. The Morgan fingerprint density at radius 1 is 1.04 bits per heavy atom. The summed E-state index contributed by atoms with van der Waals surface area (Å²) in [6.07, 6.45) is 0.753. The highest BCUT2D eigenvalue weighted by molar-refractivity contribution is 6.30. The number of hydrogen-bond donors (Lipinski definition) is 1. The second-order valence-corrected chi connectivity index (χ2v) is 6.27. The van der Waals surface area contributed by atoms with Gasteiger partial charge in [-0.25, -0.2) is 0 Å². The molecule has 1 aromatic heterocycles. The summed E-state index contributed by atoms with van der Waals surface area (Å²) < 4.78 is 16.5. The molecule has 0 spiro atoms. The SMILES string of the molecule is CCc1c(OC)cc(NC(=O)c2ccc(-c3ccc(Cl)cc3)o2)cc1OC. The number of hydrogen-bond acceptors (Lipinski definition) is 4. The van der Waals surface area contributed by atoms with Crippen LogP contribution >= 0.6 is 11.6 Å². The Kier molecular flexibility index (Phi) is 5.72. The summed E-state index contributed by atoms with van der Waals surface area (Å²) in [7, 11) is 3.18. The van der Waals surface area contributed by atoms with Crippen LogP contribution in [0.25, 0.3) is 11.3 Å². The molecule has 3 rings (SSSR count). The fourth-order valence-electron chi connectivity index (χ4n) is 2.83. The number of carbonyl (C=O) groups is 1. The van der Waals surface area contributed by atoms with Crippen LogP contribution in [0.1, 0.15) is 23.0 Å². The number of carbonyl (C=O) groups excluding carboxylic acids is 1. The van der Waals surface area contributed by atoms with Crippen molar-refractivity contribution in [3.63, 3.8) is 0 Å². The smallest absolute Gasteiger partial charge is 0.291 e. The third kappa shape index (κ3) is 4.09. The van der Waals surface area contributed by atoms with Gasteiger partial charge in [0, 0.05) is 34.0 Å². The lowest BCUT2D eigenvalue weighted by Gasteiger charge is -2.14. The highest BCUT2D eigenvalue weighted by Crippen LogP contribution is 2.33. The Bertz CT molecular complexity index is 922. The van der Waals surface area contributed by atoms with Crippen LogP contribution in [-0.4, -0.2) is 20.1 Å². The van der Waals surface area contributed by atoms with E-state index in [4.69, 9.17) is 25.5 Å². The molecule has 0 bridgehead atoms. The van der Waals surface area contributed by atoms with E-state index in [1.807, 2.05) is 19.1 Å². The number of ether oxygens (including phenoxy) is 2. The summed E-state index contributed by atoms with van der Waals surface area (Å²) in [5.74, 6) is 1.76. The summed E-state index contributed by atoms with van der Waals surface area (Å²) in [4.78, 5) is 12.6. The van der Waals surface area contributed by atoms with Gasteiger partial charge in [0.1, 0.15) is 17.3 Å². The molecule has 0 aliphatic heterocycles.